The molecule has 0 spiro atoms. The van der Waals surface area contributed by atoms with Gasteiger partial charge in [-0.3, -0.25) is 4.79 Å². The molecule has 0 amide bonds. The zero-order chi connectivity index (χ0) is 10.1. The normalized spacial score (nSPS) is 10.7. The third kappa shape index (κ3) is 1.38. The Bertz CT molecular complexity index is 530. The number of benzene rings is 1. The number of hydrogen-bond donors (Lipinski definition) is 0. The molecule has 0 unspecified atom stereocenters. The average molecular weight is 252 g/mol. The van der Waals surface area contributed by atoms with E-state index in [2.05, 4.69) is 15.9 Å². The molecule has 1 aromatic carbocycles. The maximum Gasteiger partial charge on any atom is 0.254 e. The van der Waals surface area contributed by atoms with Crippen molar-refractivity contribution >= 4 is 26.8 Å². The lowest BCUT2D eigenvalue weighted by Crippen LogP contribution is -2.20. The Morgan fingerprint density at radius 1 is 1.36 bits per heavy atom. The van der Waals surface area contributed by atoms with Crippen LogP contribution in [0.2, 0.25) is 0 Å². The standard InChI is InChI=1S/C11H10BrNO/c1-13-10-5-3-2-4-8(10)6-9(7-12)11(13)14/h2-6H,7H2,1H3. The van der Waals surface area contributed by atoms with Gasteiger partial charge in [-0.15, -0.1) is 0 Å². The highest BCUT2D eigenvalue weighted by Gasteiger charge is 2.03. The maximum absolute atomic E-state index is 11.7. The number of para-hydroxylation sites is 1. The monoisotopic (exact) mass is 251 g/mol. The molecule has 0 saturated heterocycles. The van der Waals surface area contributed by atoms with Crippen molar-refractivity contribution in [2.24, 2.45) is 7.05 Å². The van der Waals surface area contributed by atoms with Crippen molar-refractivity contribution in [3.63, 3.8) is 0 Å². The predicted octanol–water partition coefficient (Wildman–Crippen LogP) is 2.43. The largest absolute Gasteiger partial charge is 0.311 e. The number of hydrogen-bond acceptors (Lipinski definition) is 1. The molecule has 0 bridgehead atoms. The zero-order valence-corrected chi connectivity index (χ0v) is 9.41. The molecular weight excluding hydrogens is 242 g/mol. The first kappa shape index (κ1) is 9.46. The molecule has 0 aliphatic heterocycles. The topological polar surface area (TPSA) is 22.0 Å². The van der Waals surface area contributed by atoms with E-state index in [0.717, 1.165) is 16.5 Å². The molecule has 2 aromatic rings. The SMILES string of the molecule is Cn1c(=O)c(CBr)cc2ccccc21. The molecule has 3 heteroatoms. The third-order valence-corrected chi connectivity index (χ3v) is 2.96. The van der Waals surface area contributed by atoms with Gasteiger partial charge in [0.15, 0.2) is 0 Å². The smallest absolute Gasteiger partial charge is 0.254 e. The molecule has 14 heavy (non-hydrogen) atoms. The van der Waals surface area contributed by atoms with E-state index in [0.29, 0.717) is 5.33 Å². The fourth-order valence-electron chi connectivity index (χ4n) is 1.59. The van der Waals surface area contributed by atoms with Gasteiger partial charge in [-0.1, -0.05) is 34.1 Å². The van der Waals surface area contributed by atoms with Gasteiger partial charge >= 0.3 is 0 Å². The second-order valence-electron chi connectivity index (χ2n) is 3.23. The predicted molar refractivity (Wildman–Crippen MR) is 61.8 cm³/mol. The zero-order valence-electron chi connectivity index (χ0n) is 7.83. The van der Waals surface area contributed by atoms with Crippen LogP contribution >= 0.6 is 15.9 Å². The Labute approximate surface area is 90.3 Å². The van der Waals surface area contributed by atoms with Gasteiger partial charge in [0.25, 0.3) is 5.56 Å². The van der Waals surface area contributed by atoms with Gasteiger partial charge in [0, 0.05) is 17.9 Å². The van der Waals surface area contributed by atoms with Crippen LogP contribution in [0.25, 0.3) is 10.9 Å². The second-order valence-corrected chi connectivity index (χ2v) is 3.79. The van der Waals surface area contributed by atoms with Crippen molar-refractivity contribution in [2.75, 3.05) is 0 Å². The molecule has 0 aliphatic rings. The summed E-state index contributed by atoms with van der Waals surface area (Å²) in [4.78, 5) is 11.7. The molecule has 0 saturated carbocycles. The summed E-state index contributed by atoms with van der Waals surface area (Å²) in [7, 11) is 1.80. The maximum atomic E-state index is 11.7. The molecule has 2 nitrogen and oxygen atoms in total. The summed E-state index contributed by atoms with van der Waals surface area (Å²) in [5.74, 6) is 0. The van der Waals surface area contributed by atoms with Crippen LogP contribution < -0.4 is 5.56 Å². The first-order valence-corrected chi connectivity index (χ1v) is 5.50. The van der Waals surface area contributed by atoms with Gasteiger partial charge in [-0.05, 0) is 17.5 Å². The van der Waals surface area contributed by atoms with Gasteiger partial charge in [0.1, 0.15) is 0 Å². The molecule has 1 heterocycles. The summed E-state index contributed by atoms with van der Waals surface area (Å²) < 4.78 is 1.69. The van der Waals surface area contributed by atoms with Crippen molar-refractivity contribution in [3.8, 4) is 0 Å². The molecule has 0 atom stereocenters. The van der Waals surface area contributed by atoms with E-state index in [4.69, 9.17) is 0 Å². The minimum absolute atomic E-state index is 0.0700. The summed E-state index contributed by atoms with van der Waals surface area (Å²) in [5, 5.41) is 1.70. The minimum Gasteiger partial charge on any atom is -0.311 e. The van der Waals surface area contributed by atoms with Gasteiger partial charge < -0.3 is 4.57 Å². The molecule has 0 fully saturated rings. The van der Waals surface area contributed by atoms with Crippen molar-refractivity contribution in [3.05, 3.63) is 46.2 Å². The van der Waals surface area contributed by atoms with E-state index < -0.39 is 0 Å². The highest BCUT2D eigenvalue weighted by molar-refractivity contribution is 9.08. The lowest BCUT2D eigenvalue weighted by atomic mass is 10.1. The van der Waals surface area contributed by atoms with Crippen LogP contribution in [0.3, 0.4) is 0 Å². The number of fused-ring (bicyclic) bond motifs is 1. The number of halogens is 1. The van der Waals surface area contributed by atoms with Gasteiger partial charge in [0.2, 0.25) is 0 Å². The lowest BCUT2D eigenvalue weighted by Gasteiger charge is -2.06. The summed E-state index contributed by atoms with van der Waals surface area (Å²) in [6.45, 7) is 0. The van der Waals surface area contributed by atoms with Crippen LogP contribution in [-0.4, -0.2) is 4.57 Å². The van der Waals surface area contributed by atoms with Crippen molar-refractivity contribution < 1.29 is 0 Å². The van der Waals surface area contributed by atoms with Crippen LogP contribution in [0.15, 0.2) is 35.1 Å². The Morgan fingerprint density at radius 2 is 2.07 bits per heavy atom. The van der Waals surface area contributed by atoms with Crippen molar-refractivity contribution in [1.29, 1.82) is 0 Å². The Hall–Kier alpha value is -1.09. The van der Waals surface area contributed by atoms with Crippen LogP contribution in [0.5, 0.6) is 0 Å². The third-order valence-electron chi connectivity index (χ3n) is 2.35. The number of aromatic nitrogens is 1. The fourth-order valence-corrected chi connectivity index (χ4v) is 1.99. The van der Waals surface area contributed by atoms with Crippen LogP contribution in [0.4, 0.5) is 0 Å². The number of aryl methyl sites for hydroxylation is 1. The molecule has 2 rings (SSSR count). The molecule has 0 aliphatic carbocycles. The number of alkyl halides is 1. The minimum atomic E-state index is 0.0700. The first-order chi connectivity index (χ1) is 6.74. The van der Waals surface area contributed by atoms with Crippen LogP contribution in [0, 0.1) is 0 Å². The summed E-state index contributed by atoms with van der Waals surface area (Å²) in [6.07, 6.45) is 0. The fraction of sp³-hybridized carbons (Fsp3) is 0.182. The molecule has 0 N–H and O–H groups in total. The van der Waals surface area contributed by atoms with Crippen molar-refractivity contribution in [1.82, 2.24) is 4.57 Å². The lowest BCUT2D eigenvalue weighted by molar-refractivity contribution is 0.892. The van der Waals surface area contributed by atoms with E-state index >= 15 is 0 Å². The Balaban J connectivity index is 2.92. The van der Waals surface area contributed by atoms with E-state index in [1.165, 1.54) is 0 Å². The number of pyridine rings is 1. The highest BCUT2D eigenvalue weighted by atomic mass is 79.9. The summed E-state index contributed by atoms with van der Waals surface area (Å²) in [5.41, 5.74) is 1.84. The number of nitrogens with zero attached hydrogens (tertiary/aromatic N) is 1. The van der Waals surface area contributed by atoms with Crippen LogP contribution in [0.1, 0.15) is 5.56 Å². The molecular formula is C11H10BrNO. The van der Waals surface area contributed by atoms with Gasteiger partial charge in [0.05, 0.1) is 5.52 Å². The summed E-state index contributed by atoms with van der Waals surface area (Å²) in [6, 6.07) is 9.82. The molecule has 72 valence electrons. The van der Waals surface area contributed by atoms with Gasteiger partial charge in [-0.2, -0.15) is 0 Å². The van der Waals surface area contributed by atoms with E-state index in [1.54, 1.807) is 11.6 Å². The van der Waals surface area contributed by atoms with E-state index in [9.17, 15) is 4.79 Å². The highest BCUT2D eigenvalue weighted by Crippen LogP contribution is 2.13. The van der Waals surface area contributed by atoms with Crippen molar-refractivity contribution in [2.45, 2.75) is 5.33 Å². The second kappa shape index (κ2) is 3.58. The van der Waals surface area contributed by atoms with E-state index in [1.807, 2.05) is 30.3 Å². The van der Waals surface area contributed by atoms with E-state index in [-0.39, 0.29) is 5.56 Å². The first-order valence-electron chi connectivity index (χ1n) is 4.37. The number of rotatable bonds is 1. The molecule has 0 radical (unpaired) electrons. The Morgan fingerprint density at radius 3 is 2.79 bits per heavy atom. The average Bonchev–Trinajstić information content (AvgIpc) is 2.23. The summed E-state index contributed by atoms with van der Waals surface area (Å²) >= 11 is 3.31. The van der Waals surface area contributed by atoms with Gasteiger partial charge in [-0.25, -0.2) is 0 Å². The van der Waals surface area contributed by atoms with Crippen LogP contribution in [-0.2, 0) is 12.4 Å². The Kier molecular flexibility index (Phi) is 2.42. The molecule has 1 aromatic heterocycles. The quantitative estimate of drug-likeness (QED) is 0.714.